The Hall–Kier alpha value is -2.36. The number of hydrogen-bond donors (Lipinski definition) is 1. The van der Waals surface area contributed by atoms with Crippen LogP contribution in [0.25, 0.3) is 22.6 Å². The SMILES string of the molecule is CCCn1c(-c2ccc(O)cc2C)nc2cccnc21. The maximum Gasteiger partial charge on any atom is 0.160 e. The summed E-state index contributed by atoms with van der Waals surface area (Å²) in [5.41, 5.74) is 3.87. The van der Waals surface area contributed by atoms with Gasteiger partial charge in [0.15, 0.2) is 5.65 Å². The number of benzene rings is 1. The molecule has 1 aromatic carbocycles. The van der Waals surface area contributed by atoms with Crippen LogP contribution in [0.4, 0.5) is 0 Å². The van der Waals surface area contributed by atoms with Crippen molar-refractivity contribution >= 4 is 11.2 Å². The van der Waals surface area contributed by atoms with Crippen LogP contribution in [-0.4, -0.2) is 19.6 Å². The highest BCUT2D eigenvalue weighted by Crippen LogP contribution is 2.28. The molecule has 0 saturated carbocycles. The molecule has 0 aliphatic rings. The molecule has 0 aliphatic heterocycles. The van der Waals surface area contributed by atoms with Gasteiger partial charge in [-0.1, -0.05) is 6.92 Å². The highest BCUT2D eigenvalue weighted by Gasteiger charge is 2.14. The van der Waals surface area contributed by atoms with E-state index in [0.717, 1.165) is 41.1 Å². The van der Waals surface area contributed by atoms with Crippen LogP contribution < -0.4 is 0 Å². The fourth-order valence-corrected chi connectivity index (χ4v) is 2.50. The van der Waals surface area contributed by atoms with Gasteiger partial charge < -0.3 is 9.67 Å². The predicted molar refractivity (Wildman–Crippen MR) is 79.7 cm³/mol. The summed E-state index contributed by atoms with van der Waals surface area (Å²) in [4.78, 5) is 9.16. The van der Waals surface area contributed by atoms with Gasteiger partial charge in [0.05, 0.1) is 0 Å². The Morgan fingerprint density at radius 1 is 1.25 bits per heavy atom. The molecule has 0 saturated heterocycles. The van der Waals surface area contributed by atoms with Gasteiger partial charge in [-0.25, -0.2) is 9.97 Å². The molecule has 0 aliphatic carbocycles. The van der Waals surface area contributed by atoms with E-state index in [2.05, 4.69) is 16.5 Å². The summed E-state index contributed by atoms with van der Waals surface area (Å²) in [6.07, 6.45) is 2.82. The highest BCUT2D eigenvalue weighted by atomic mass is 16.3. The molecule has 4 nitrogen and oxygen atoms in total. The van der Waals surface area contributed by atoms with Gasteiger partial charge in [0.25, 0.3) is 0 Å². The molecule has 3 aromatic rings. The zero-order valence-corrected chi connectivity index (χ0v) is 11.7. The van der Waals surface area contributed by atoms with E-state index in [-0.39, 0.29) is 5.75 Å². The standard InChI is InChI=1S/C16H17N3O/c1-3-9-19-15(13-7-6-12(20)10-11(13)2)18-14-5-4-8-17-16(14)19/h4-8,10,20H,3,9H2,1-2H3. The summed E-state index contributed by atoms with van der Waals surface area (Å²) < 4.78 is 2.15. The van der Waals surface area contributed by atoms with Gasteiger partial charge in [-0.05, 0) is 49.2 Å². The normalized spacial score (nSPS) is 11.1. The Bertz CT molecular complexity index is 762. The molecule has 1 N–H and O–H groups in total. The monoisotopic (exact) mass is 267 g/mol. The van der Waals surface area contributed by atoms with Gasteiger partial charge in [0.1, 0.15) is 17.1 Å². The number of aromatic hydroxyl groups is 1. The second-order valence-corrected chi connectivity index (χ2v) is 4.93. The van der Waals surface area contributed by atoms with Crippen LogP contribution in [0.3, 0.4) is 0 Å². The van der Waals surface area contributed by atoms with E-state index >= 15 is 0 Å². The van der Waals surface area contributed by atoms with Crippen LogP contribution >= 0.6 is 0 Å². The van der Waals surface area contributed by atoms with Crippen molar-refractivity contribution in [2.75, 3.05) is 0 Å². The van der Waals surface area contributed by atoms with Crippen molar-refractivity contribution in [3.63, 3.8) is 0 Å². The Morgan fingerprint density at radius 3 is 2.85 bits per heavy atom. The van der Waals surface area contributed by atoms with Crippen molar-refractivity contribution < 1.29 is 5.11 Å². The molecule has 20 heavy (non-hydrogen) atoms. The van der Waals surface area contributed by atoms with E-state index in [4.69, 9.17) is 4.98 Å². The highest BCUT2D eigenvalue weighted by molar-refractivity contribution is 5.78. The van der Waals surface area contributed by atoms with E-state index in [1.54, 1.807) is 18.3 Å². The van der Waals surface area contributed by atoms with E-state index in [1.807, 2.05) is 25.1 Å². The molecule has 0 unspecified atom stereocenters. The maximum atomic E-state index is 9.56. The number of imidazole rings is 1. The third-order valence-electron chi connectivity index (χ3n) is 3.40. The van der Waals surface area contributed by atoms with Gasteiger partial charge in [-0.2, -0.15) is 0 Å². The van der Waals surface area contributed by atoms with E-state index < -0.39 is 0 Å². The van der Waals surface area contributed by atoms with Crippen LogP contribution in [0.5, 0.6) is 5.75 Å². The molecule has 0 amide bonds. The molecule has 3 rings (SSSR count). The fourth-order valence-electron chi connectivity index (χ4n) is 2.50. The van der Waals surface area contributed by atoms with Crippen LogP contribution in [0.1, 0.15) is 18.9 Å². The van der Waals surface area contributed by atoms with Gasteiger partial charge >= 0.3 is 0 Å². The molecule has 2 aromatic heterocycles. The van der Waals surface area contributed by atoms with E-state index in [0.29, 0.717) is 0 Å². The van der Waals surface area contributed by atoms with Crippen LogP contribution in [0.2, 0.25) is 0 Å². The number of aromatic nitrogens is 3. The molecule has 4 heteroatoms. The lowest BCUT2D eigenvalue weighted by molar-refractivity contribution is 0.475. The summed E-state index contributed by atoms with van der Waals surface area (Å²) in [6.45, 7) is 5.00. The van der Waals surface area contributed by atoms with Crippen molar-refractivity contribution in [2.45, 2.75) is 26.8 Å². The number of fused-ring (bicyclic) bond motifs is 1. The summed E-state index contributed by atoms with van der Waals surface area (Å²) >= 11 is 0. The summed E-state index contributed by atoms with van der Waals surface area (Å²) in [6, 6.07) is 9.26. The lowest BCUT2D eigenvalue weighted by Crippen LogP contribution is -2.01. The zero-order valence-electron chi connectivity index (χ0n) is 11.7. The molecule has 0 fully saturated rings. The Balaban J connectivity index is 2.26. The van der Waals surface area contributed by atoms with Gasteiger partial charge in [0.2, 0.25) is 0 Å². The number of phenols is 1. The lowest BCUT2D eigenvalue weighted by atomic mass is 10.1. The van der Waals surface area contributed by atoms with Crippen molar-refractivity contribution in [1.29, 1.82) is 0 Å². The molecule has 0 bridgehead atoms. The number of aryl methyl sites for hydroxylation is 2. The second-order valence-electron chi connectivity index (χ2n) is 4.93. The first-order valence-electron chi connectivity index (χ1n) is 6.82. The van der Waals surface area contributed by atoms with Crippen LogP contribution in [-0.2, 0) is 6.54 Å². The molecular formula is C16H17N3O. The molecule has 0 atom stereocenters. The second kappa shape index (κ2) is 4.96. The number of phenolic OH excluding ortho intramolecular Hbond substituents is 1. The topological polar surface area (TPSA) is 50.9 Å². The first kappa shape index (κ1) is 12.7. The quantitative estimate of drug-likeness (QED) is 0.790. The third kappa shape index (κ3) is 2.03. The molecule has 0 radical (unpaired) electrons. The third-order valence-corrected chi connectivity index (χ3v) is 3.40. The molecule has 0 spiro atoms. The number of pyridine rings is 1. The Labute approximate surface area is 117 Å². The lowest BCUT2D eigenvalue weighted by Gasteiger charge is -2.09. The number of hydrogen-bond acceptors (Lipinski definition) is 3. The Morgan fingerprint density at radius 2 is 2.10 bits per heavy atom. The van der Waals surface area contributed by atoms with E-state index in [9.17, 15) is 5.11 Å². The van der Waals surface area contributed by atoms with Crippen LogP contribution in [0.15, 0.2) is 36.5 Å². The largest absolute Gasteiger partial charge is 0.508 e. The average Bonchev–Trinajstić information content (AvgIpc) is 2.78. The summed E-state index contributed by atoms with van der Waals surface area (Å²) in [7, 11) is 0. The van der Waals surface area contributed by atoms with Crippen molar-refractivity contribution in [3.8, 4) is 17.1 Å². The van der Waals surface area contributed by atoms with Crippen LogP contribution in [0, 0.1) is 6.92 Å². The van der Waals surface area contributed by atoms with Gasteiger partial charge in [0, 0.05) is 18.3 Å². The minimum absolute atomic E-state index is 0.280. The van der Waals surface area contributed by atoms with Crippen molar-refractivity contribution in [1.82, 2.24) is 14.5 Å². The molecule has 2 heterocycles. The van der Waals surface area contributed by atoms with Gasteiger partial charge in [-0.15, -0.1) is 0 Å². The minimum Gasteiger partial charge on any atom is -0.508 e. The zero-order chi connectivity index (χ0) is 14.1. The fraction of sp³-hybridized carbons (Fsp3) is 0.250. The number of rotatable bonds is 3. The van der Waals surface area contributed by atoms with Crippen molar-refractivity contribution in [2.24, 2.45) is 0 Å². The molecular weight excluding hydrogens is 250 g/mol. The first-order valence-corrected chi connectivity index (χ1v) is 6.82. The number of nitrogens with zero attached hydrogens (tertiary/aromatic N) is 3. The minimum atomic E-state index is 0.280. The smallest absolute Gasteiger partial charge is 0.160 e. The first-order chi connectivity index (χ1) is 9.70. The van der Waals surface area contributed by atoms with E-state index in [1.165, 1.54) is 0 Å². The Kier molecular flexibility index (Phi) is 3.14. The maximum absolute atomic E-state index is 9.56. The average molecular weight is 267 g/mol. The predicted octanol–water partition coefficient (Wildman–Crippen LogP) is 3.52. The van der Waals surface area contributed by atoms with Crippen molar-refractivity contribution in [3.05, 3.63) is 42.1 Å². The van der Waals surface area contributed by atoms with Gasteiger partial charge in [-0.3, -0.25) is 0 Å². The summed E-state index contributed by atoms with van der Waals surface area (Å²) in [5, 5.41) is 9.56. The molecule has 102 valence electrons. The summed E-state index contributed by atoms with van der Waals surface area (Å²) in [5.74, 6) is 1.19.